The fourth-order valence-corrected chi connectivity index (χ4v) is 2.94. The molecule has 0 aromatic carbocycles. The molecule has 2 rings (SSSR count). The number of carbonyl (C=O) groups is 3. The van der Waals surface area contributed by atoms with Crippen LogP contribution in [0.3, 0.4) is 0 Å². The first-order chi connectivity index (χ1) is 12.8. The van der Waals surface area contributed by atoms with Crippen LogP contribution in [0.25, 0.3) is 0 Å². The molecule has 27 heavy (non-hydrogen) atoms. The summed E-state index contributed by atoms with van der Waals surface area (Å²) < 4.78 is 15.6. The van der Waals surface area contributed by atoms with Gasteiger partial charge in [-0.05, 0) is 39.5 Å². The van der Waals surface area contributed by atoms with Gasteiger partial charge < -0.3 is 14.2 Å². The highest BCUT2D eigenvalue weighted by atomic mass is 16.6. The minimum Gasteiger partial charge on any atom is -0.465 e. The van der Waals surface area contributed by atoms with Gasteiger partial charge in [0.15, 0.2) is 0 Å². The highest BCUT2D eigenvalue weighted by Crippen LogP contribution is 2.24. The Bertz CT molecular complexity index is 636. The zero-order chi connectivity index (χ0) is 20.0. The summed E-state index contributed by atoms with van der Waals surface area (Å²) in [6, 6.07) is -0.598. The summed E-state index contributed by atoms with van der Waals surface area (Å²) in [4.78, 5) is 37.8. The van der Waals surface area contributed by atoms with Gasteiger partial charge in [-0.15, -0.1) is 0 Å². The monoisotopic (exact) mass is 379 g/mol. The third kappa shape index (κ3) is 5.58. The molecule has 7 nitrogen and oxygen atoms in total. The Balaban J connectivity index is 1.85. The van der Waals surface area contributed by atoms with Crippen LogP contribution in [0.1, 0.15) is 46.5 Å². The van der Waals surface area contributed by atoms with Crippen molar-refractivity contribution in [1.82, 2.24) is 4.90 Å². The topological polar surface area (TPSA) is 82.1 Å². The Hall–Kier alpha value is -2.31. The number of hydrogen-bond donors (Lipinski definition) is 0. The van der Waals surface area contributed by atoms with E-state index >= 15 is 0 Å². The molecule has 0 bridgehead atoms. The van der Waals surface area contributed by atoms with E-state index in [4.69, 9.17) is 9.47 Å². The maximum Gasteiger partial charge on any atom is 0.411 e. The van der Waals surface area contributed by atoms with Gasteiger partial charge in [-0.1, -0.05) is 25.2 Å². The number of carbonyl (C=O) groups excluding carboxylic acids is 3. The van der Waals surface area contributed by atoms with E-state index in [9.17, 15) is 14.4 Å². The van der Waals surface area contributed by atoms with Crippen molar-refractivity contribution in [2.24, 2.45) is 5.92 Å². The molecule has 1 fully saturated rings. The molecule has 1 aliphatic heterocycles. The van der Waals surface area contributed by atoms with E-state index in [1.54, 1.807) is 12.2 Å². The van der Waals surface area contributed by atoms with E-state index < -0.39 is 23.7 Å². The molecule has 2 aliphatic rings. The number of methoxy groups -OCH3 is 1. The highest BCUT2D eigenvalue weighted by Gasteiger charge is 2.38. The van der Waals surface area contributed by atoms with Crippen LogP contribution in [0, 0.1) is 5.92 Å². The molecule has 0 radical (unpaired) electrons. The van der Waals surface area contributed by atoms with Crippen LogP contribution in [0.5, 0.6) is 0 Å². The van der Waals surface area contributed by atoms with Gasteiger partial charge in [0.1, 0.15) is 11.6 Å². The van der Waals surface area contributed by atoms with E-state index in [1.165, 1.54) is 12.0 Å². The van der Waals surface area contributed by atoms with Crippen molar-refractivity contribution in [3.63, 3.8) is 0 Å². The Labute approximate surface area is 160 Å². The second-order valence-electron chi connectivity index (χ2n) is 7.47. The number of rotatable bonds is 6. The van der Waals surface area contributed by atoms with Gasteiger partial charge in [-0.3, -0.25) is 4.90 Å². The van der Waals surface area contributed by atoms with Gasteiger partial charge in [-0.2, -0.15) is 0 Å². The van der Waals surface area contributed by atoms with Crippen LogP contribution in [0.2, 0.25) is 0 Å². The molecule has 1 heterocycles. The number of esters is 2. The fourth-order valence-electron chi connectivity index (χ4n) is 2.94. The summed E-state index contributed by atoms with van der Waals surface area (Å²) in [5.74, 6) is -0.783. The Kier molecular flexibility index (Phi) is 7.05. The van der Waals surface area contributed by atoms with Crippen molar-refractivity contribution < 1.29 is 28.6 Å². The van der Waals surface area contributed by atoms with Gasteiger partial charge in [0.2, 0.25) is 0 Å². The number of ether oxygens (including phenoxy) is 3. The van der Waals surface area contributed by atoms with Crippen molar-refractivity contribution in [1.29, 1.82) is 0 Å². The number of nitrogens with zero attached hydrogens (tertiary/aromatic N) is 1. The fraction of sp³-hybridized carbons (Fsp3) is 0.650. The third-order valence-corrected chi connectivity index (χ3v) is 5.02. The molecule has 2 atom stereocenters. The molecule has 0 spiro atoms. The van der Waals surface area contributed by atoms with Gasteiger partial charge in [-0.25, -0.2) is 14.4 Å². The van der Waals surface area contributed by atoms with Gasteiger partial charge >= 0.3 is 18.0 Å². The molecule has 2 unspecified atom stereocenters. The van der Waals surface area contributed by atoms with E-state index in [1.807, 2.05) is 26.8 Å². The third-order valence-electron chi connectivity index (χ3n) is 5.02. The predicted octanol–water partition coefficient (Wildman–Crippen LogP) is 2.99. The molecule has 150 valence electrons. The van der Waals surface area contributed by atoms with E-state index in [0.29, 0.717) is 31.4 Å². The van der Waals surface area contributed by atoms with Crippen LogP contribution in [0.15, 0.2) is 23.8 Å². The molecular weight excluding hydrogens is 350 g/mol. The summed E-state index contributed by atoms with van der Waals surface area (Å²) >= 11 is 0. The lowest BCUT2D eigenvalue weighted by Gasteiger charge is -2.29. The summed E-state index contributed by atoms with van der Waals surface area (Å²) in [6.07, 6.45) is 7.43. The average molecular weight is 379 g/mol. The molecule has 0 N–H and O–H groups in total. The maximum absolute atomic E-state index is 12.5. The standard InChI is InChI=1S/C20H29NO6/c1-5-20(2,3)27-19(24)21-12-6-7-16(21)18(23)26-13-14-8-10-15(11-9-14)17(22)25-4/h8,10-11,14,16H,5-7,9,12-13H2,1-4H3. The average Bonchev–Trinajstić information content (AvgIpc) is 3.15. The number of hydrogen-bond acceptors (Lipinski definition) is 6. The SMILES string of the molecule is CCC(C)(C)OC(=O)N1CCCC1C(=O)OCC1C=CC(C(=O)OC)=CC1. The highest BCUT2D eigenvalue weighted by molar-refractivity contribution is 5.91. The van der Waals surface area contributed by atoms with Crippen molar-refractivity contribution in [3.05, 3.63) is 23.8 Å². The first-order valence-electron chi connectivity index (χ1n) is 9.40. The van der Waals surface area contributed by atoms with Crippen LogP contribution < -0.4 is 0 Å². The number of likely N-dealkylation sites (tertiary alicyclic amines) is 1. The Morgan fingerprint density at radius 1 is 1.30 bits per heavy atom. The quantitative estimate of drug-likeness (QED) is 0.521. The molecule has 1 aliphatic carbocycles. The van der Waals surface area contributed by atoms with Gasteiger partial charge in [0.25, 0.3) is 0 Å². The molecule has 0 aromatic heterocycles. The lowest BCUT2D eigenvalue weighted by Crippen LogP contribution is -2.44. The molecule has 1 saturated heterocycles. The number of amides is 1. The van der Waals surface area contributed by atoms with Gasteiger partial charge in [0.05, 0.1) is 19.3 Å². The second-order valence-corrected chi connectivity index (χ2v) is 7.47. The summed E-state index contributed by atoms with van der Waals surface area (Å²) in [5.41, 5.74) is -0.0617. The van der Waals surface area contributed by atoms with Gasteiger partial charge in [0, 0.05) is 12.5 Å². The zero-order valence-electron chi connectivity index (χ0n) is 16.5. The smallest absolute Gasteiger partial charge is 0.411 e. The first kappa shape index (κ1) is 21.0. The first-order valence-corrected chi connectivity index (χ1v) is 9.40. The predicted molar refractivity (Wildman–Crippen MR) is 98.9 cm³/mol. The Morgan fingerprint density at radius 2 is 2.04 bits per heavy atom. The summed E-state index contributed by atoms with van der Waals surface area (Å²) in [7, 11) is 1.34. The molecule has 0 aromatic rings. The van der Waals surface area contributed by atoms with E-state index in [0.717, 1.165) is 6.42 Å². The summed E-state index contributed by atoms with van der Waals surface area (Å²) in [6.45, 7) is 6.34. The van der Waals surface area contributed by atoms with E-state index in [-0.39, 0.29) is 18.5 Å². The Morgan fingerprint density at radius 3 is 2.63 bits per heavy atom. The second kappa shape index (κ2) is 9.06. The largest absolute Gasteiger partial charge is 0.465 e. The normalized spacial score (nSPS) is 22.2. The van der Waals surface area contributed by atoms with Crippen LogP contribution in [-0.4, -0.2) is 54.8 Å². The summed E-state index contributed by atoms with van der Waals surface area (Å²) in [5, 5.41) is 0. The lowest BCUT2D eigenvalue weighted by molar-refractivity contribution is -0.149. The minimum absolute atomic E-state index is 0.00295. The molecular formula is C20H29NO6. The minimum atomic E-state index is -0.598. The van der Waals surface area contributed by atoms with Crippen molar-refractivity contribution in [2.75, 3.05) is 20.3 Å². The van der Waals surface area contributed by atoms with Crippen molar-refractivity contribution in [3.8, 4) is 0 Å². The maximum atomic E-state index is 12.5. The van der Waals surface area contributed by atoms with E-state index in [2.05, 4.69) is 4.74 Å². The molecule has 1 amide bonds. The molecule has 7 heteroatoms. The van der Waals surface area contributed by atoms with Crippen molar-refractivity contribution >= 4 is 18.0 Å². The van der Waals surface area contributed by atoms with Crippen LogP contribution >= 0.6 is 0 Å². The van der Waals surface area contributed by atoms with Crippen LogP contribution in [-0.2, 0) is 23.8 Å². The number of allylic oxidation sites excluding steroid dienone is 1. The zero-order valence-corrected chi connectivity index (χ0v) is 16.5. The van der Waals surface area contributed by atoms with Crippen LogP contribution in [0.4, 0.5) is 4.79 Å². The van der Waals surface area contributed by atoms with Crippen molar-refractivity contribution in [2.45, 2.75) is 58.1 Å². The lowest BCUT2D eigenvalue weighted by atomic mass is 9.97. The molecule has 0 saturated carbocycles.